The van der Waals surface area contributed by atoms with Gasteiger partial charge in [0.05, 0.1) is 17.1 Å². The van der Waals surface area contributed by atoms with Crippen molar-refractivity contribution in [2.45, 2.75) is 13.0 Å². The molecule has 1 aromatic heterocycles. The van der Waals surface area contributed by atoms with Crippen molar-refractivity contribution in [1.29, 1.82) is 0 Å². The monoisotopic (exact) mass is 409 g/mol. The Labute approximate surface area is 178 Å². The second-order valence-electron chi connectivity index (χ2n) is 7.67. The molecule has 3 aromatic carbocycles. The smallest absolute Gasteiger partial charge is 0.231 e. The molecule has 0 bridgehead atoms. The lowest BCUT2D eigenvalue weighted by Crippen LogP contribution is -2.28. The third kappa shape index (κ3) is 2.72. The van der Waals surface area contributed by atoms with E-state index in [1.54, 1.807) is 0 Å². The van der Waals surface area contributed by atoms with Crippen molar-refractivity contribution in [2.75, 3.05) is 12.1 Å². The first-order chi connectivity index (χ1) is 15.2. The predicted molar refractivity (Wildman–Crippen MR) is 118 cm³/mol. The Hall–Kier alpha value is -4.06. The minimum absolute atomic E-state index is 0.0169. The number of para-hydroxylation sites is 2. The summed E-state index contributed by atoms with van der Waals surface area (Å²) in [5.74, 6) is 2.10. The maximum atomic E-state index is 13.7. The van der Waals surface area contributed by atoms with Crippen LogP contribution < -0.4 is 14.8 Å². The van der Waals surface area contributed by atoms with Crippen molar-refractivity contribution in [2.24, 2.45) is 0 Å². The van der Waals surface area contributed by atoms with E-state index in [-0.39, 0.29) is 18.6 Å². The Bertz CT molecular complexity index is 1370. The average Bonchev–Trinajstić information content (AvgIpc) is 3.42. The number of anilines is 1. The summed E-state index contributed by atoms with van der Waals surface area (Å²) < 4.78 is 13.2. The van der Waals surface area contributed by atoms with Gasteiger partial charge in [-0.05, 0) is 36.8 Å². The van der Waals surface area contributed by atoms with Gasteiger partial charge < -0.3 is 14.8 Å². The van der Waals surface area contributed by atoms with Crippen LogP contribution in [0.1, 0.15) is 28.9 Å². The summed E-state index contributed by atoms with van der Waals surface area (Å²) in [5, 5.41) is 3.36. The molecule has 6 heteroatoms. The van der Waals surface area contributed by atoms with Gasteiger partial charge in [0.25, 0.3) is 0 Å². The number of nitrogens with one attached hydrogen (secondary N) is 1. The summed E-state index contributed by atoms with van der Waals surface area (Å²) >= 11 is 0. The number of imidazole rings is 1. The van der Waals surface area contributed by atoms with E-state index in [9.17, 15) is 4.79 Å². The average molecular weight is 409 g/mol. The van der Waals surface area contributed by atoms with Crippen molar-refractivity contribution >= 4 is 22.8 Å². The van der Waals surface area contributed by atoms with Gasteiger partial charge in [0, 0.05) is 16.8 Å². The number of ether oxygens (including phenoxy) is 2. The molecule has 2 aliphatic heterocycles. The number of aromatic nitrogens is 2. The van der Waals surface area contributed by atoms with Crippen molar-refractivity contribution < 1.29 is 14.3 Å². The molecule has 0 spiro atoms. The fourth-order valence-electron chi connectivity index (χ4n) is 4.40. The zero-order valence-electron chi connectivity index (χ0n) is 16.8. The molecule has 0 aliphatic carbocycles. The van der Waals surface area contributed by atoms with Crippen LogP contribution in [-0.4, -0.2) is 22.1 Å². The number of hydrogen-bond donors (Lipinski definition) is 1. The van der Waals surface area contributed by atoms with Crippen molar-refractivity contribution in [3.8, 4) is 11.5 Å². The van der Waals surface area contributed by atoms with Gasteiger partial charge in [-0.1, -0.05) is 48.5 Å². The van der Waals surface area contributed by atoms with Crippen LogP contribution in [0.5, 0.6) is 11.5 Å². The molecule has 31 heavy (non-hydrogen) atoms. The quantitative estimate of drug-likeness (QED) is 0.486. The predicted octanol–water partition coefficient (Wildman–Crippen LogP) is 4.94. The lowest BCUT2D eigenvalue weighted by atomic mass is 9.89. The molecule has 1 unspecified atom stereocenters. The molecule has 0 amide bonds. The summed E-state index contributed by atoms with van der Waals surface area (Å²) in [6.45, 7) is 2.13. The molecule has 152 valence electrons. The van der Waals surface area contributed by atoms with E-state index in [1.165, 1.54) is 0 Å². The minimum atomic E-state index is -0.356. The van der Waals surface area contributed by atoms with Gasteiger partial charge in [0.1, 0.15) is 0 Å². The summed E-state index contributed by atoms with van der Waals surface area (Å²) in [6.07, 6.45) is 0. The molecule has 6 rings (SSSR count). The summed E-state index contributed by atoms with van der Waals surface area (Å²) in [5.41, 5.74) is 4.89. The molecule has 2 aliphatic rings. The van der Waals surface area contributed by atoms with Crippen molar-refractivity contribution in [3.63, 3.8) is 0 Å². The lowest BCUT2D eigenvalue weighted by molar-refractivity contribution is 0.102. The van der Waals surface area contributed by atoms with Gasteiger partial charge in [-0.3, -0.25) is 9.36 Å². The van der Waals surface area contributed by atoms with Crippen LogP contribution in [0, 0.1) is 0 Å². The Morgan fingerprint density at radius 1 is 1.00 bits per heavy atom. The SMILES string of the molecule is CC1=C(C(=O)c2ccccc2)C(c2ccc3c(c2)OCO3)n2c(nc3ccccc32)N1. The van der Waals surface area contributed by atoms with Crippen LogP contribution in [-0.2, 0) is 0 Å². The van der Waals surface area contributed by atoms with Crippen LogP contribution in [0.4, 0.5) is 5.95 Å². The molecule has 0 radical (unpaired) electrons. The standard InChI is InChI=1S/C25H19N3O3/c1-15-22(24(29)16-7-3-2-4-8-16)23(17-11-12-20-21(13-17)31-14-30-20)28-19-10-6-5-9-18(19)27-25(28)26-15/h2-13,23H,14H2,1H3,(H,26,27). The second kappa shape index (κ2) is 6.74. The van der Waals surface area contributed by atoms with Gasteiger partial charge in [-0.15, -0.1) is 0 Å². The first-order valence-corrected chi connectivity index (χ1v) is 10.1. The van der Waals surface area contributed by atoms with E-state index in [0.29, 0.717) is 28.6 Å². The van der Waals surface area contributed by atoms with E-state index >= 15 is 0 Å². The van der Waals surface area contributed by atoms with Gasteiger partial charge >= 0.3 is 0 Å². The number of hydrogen-bond acceptors (Lipinski definition) is 5. The molecule has 3 heterocycles. The first-order valence-electron chi connectivity index (χ1n) is 10.1. The Morgan fingerprint density at radius 3 is 2.65 bits per heavy atom. The summed E-state index contributed by atoms with van der Waals surface area (Å²) in [6, 6.07) is 22.8. The molecule has 0 fully saturated rings. The van der Waals surface area contributed by atoms with E-state index in [0.717, 1.165) is 22.3 Å². The number of benzene rings is 3. The maximum Gasteiger partial charge on any atom is 0.231 e. The minimum Gasteiger partial charge on any atom is -0.454 e. The number of fused-ring (bicyclic) bond motifs is 4. The molecule has 1 N–H and O–H groups in total. The third-order valence-electron chi connectivity index (χ3n) is 5.82. The topological polar surface area (TPSA) is 65.4 Å². The van der Waals surface area contributed by atoms with Crippen LogP contribution in [0.2, 0.25) is 0 Å². The highest BCUT2D eigenvalue weighted by Crippen LogP contribution is 2.43. The summed E-state index contributed by atoms with van der Waals surface area (Å²) in [4.78, 5) is 18.5. The number of carbonyl (C=O) groups is 1. The van der Waals surface area contributed by atoms with Crippen LogP contribution in [0.15, 0.2) is 84.1 Å². The molecule has 1 atom stereocenters. The second-order valence-corrected chi connectivity index (χ2v) is 7.67. The Balaban J connectivity index is 1.60. The first kappa shape index (κ1) is 17.8. The van der Waals surface area contributed by atoms with E-state index < -0.39 is 0 Å². The molecule has 0 saturated heterocycles. The van der Waals surface area contributed by atoms with Crippen molar-refractivity contribution in [1.82, 2.24) is 9.55 Å². The molecule has 6 nitrogen and oxygen atoms in total. The lowest BCUT2D eigenvalue weighted by Gasteiger charge is -2.31. The van der Waals surface area contributed by atoms with Gasteiger partial charge in [0.2, 0.25) is 12.7 Å². The molecular formula is C25H19N3O3. The largest absolute Gasteiger partial charge is 0.454 e. The molecule has 0 saturated carbocycles. The van der Waals surface area contributed by atoms with E-state index in [1.807, 2.05) is 79.7 Å². The highest BCUT2D eigenvalue weighted by Gasteiger charge is 2.35. The van der Waals surface area contributed by atoms with Crippen molar-refractivity contribution in [3.05, 3.63) is 95.2 Å². The van der Waals surface area contributed by atoms with Gasteiger partial charge in [0.15, 0.2) is 17.3 Å². The zero-order chi connectivity index (χ0) is 20.9. The number of nitrogens with zero attached hydrogens (tertiary/aromatic N) is 2. The van der Waals surface area contributed by atoms with Gasteiger partial charge in [-0.25, -0.2) is 4.98 Å². The van der Waals surface area contributed by atoms with E-state index in [4.69, 9.17) is 14.5 Å². The molecular weight excluding hydrogens is 390 g/mol. The number of rotatable bonds is 3. The number of ketones is 1. The fraction of sp³-hybridized carbons (Fsp3) is 0.120. The zero-order valence-corrected chi connectivity index (χ0v) is 16.8. The van der Waals surface area contributed by atoms with Crippen LogP contribution in [0.25, 0.3) is 11.0 Å². The number of allylic oxidation sites excluding steroid dienone is 2. The third-order valence-corrected chi connectivity index (χ3v) is 5.82. The van der Waals surface area contributed by atoms with Gasteiger partial charge in [-0.2, -0.15) is 0 Å². The normalized spacial score (nSPS) is 16.9. The Kier molecular flexibility index (Phi) is 3.86. The fourth-order valence-corrected chi connectivity index (χ4v) is 4.40. The highest BCUT2D eigenvalue weighted by atomic mass is 16.7. The summed E-state index contributed by atoms with van der Waals surface area (Å²) in [7, 11) is 0. The van der Waals surface area contributed by atoms with E-state index in [2.05, 4.69) is 9.88 Å². The number of carbonyl (C=O) groups excluding carboxylic acids is 1. The molecule has 4 aromatic rings. The van der Waals surface area contributed by atoms with Crippen LogP contribution in [0.3, 0.4) is 0 Å². The maximum absolute atomic E-state index is 13.7. The number of Topliss-reactive ketones (excluding diaryl/α,β-unsaturated/α-hetero) is 1. The van der Waals surface area contributed by atoms with Crippen LogP contribution >= 0.6 is 0 Å². The Morgan fingerprint density at radius 2 is 1.77 bits per heavy atom. The highest BCUT2D eigenvalue weighted by molar-refractivity contribution is 6.11.